The van der Waals surface area contributed by atoms with Crippen LogP contribution in [-0.4, -0.2) is 4.98 Å². The molecule has 1 N–H and O–H groups in total. The molecule has 0 unspecified atom stereocenters. The summed E-state index contributed by atoms with van der Waals surface area (Å²) in [4.78, 5) is 9.80. The summed E-state index contributed by atoms with van der Waals surface area (Å²) >= 11 is 3.38. The quantitative estimate of drug-likeness (QED) is 0.727. The van der Waals surface area contributed by atoms with Crippen molar-refractivity contribution in [2.45, 2.75) is 0 Å². The van der Waals surface area contributed by atoms with Gasteiger partial charge < -0.3 is 4.84 Å². The molecule has 4 heteroatoms. The minimum Gasteiger partial charge on any atom is -0.382 e. The van der Waals surface area contributed by atoms with E-state index >= 15 is 0 Å². The van der Waals surface area contributed by atoms with Crippen molar-refractivity contribution in [2.75, 3.05) is 5.48 Å². The Bertz CT molecular complexity index is 698. The third kappa shape index (κ3) is 2.85. The third-order valence-corrected chi connectivity index (χ3v) is 3.23. The molecule has 0 spiro atoms. The summed E-state index contributed by atoms with van der Waals surface area (Å²) in [7, 11) is 0. The highest BCUT2D eigenvalue weighted by atomic mass is 79.9. The number of rotatable bonds is 3. The van der Waals surface area contributed by atoms with Crippen LogP contribution in [0.1, 0.15) is 0 Å². The van der Waals surface area contributed by atoms with E-state index in [1.165, 1.54) is 0 Å². The summed E-state index contributed by atoms with van der Waals surface area (Å²) in [6.45, 7) is 0. The fourth-order valence-corrected chi connectivity index (χ4v) is 2.01. The zero-order chi connectivity index (χ0) is 13.1. The molecule has 3 nitrogen and oxygen atoms in total. The van der Waals surface area contributed by atoms with E-state index in [0.29, 0.717) is 0 Å². The second-order valence-electron chi connectivity index (χ2n) is 4.07. The van der Waals surface area contributed by atoms with Crippen molar-refractivity contribution in [2.24, 2.45) is 0 Å². The molecule has 0 aliphatic carbocycles. The van der Waals surface area contributed by atoms with Gasteiger partial charge in [-0.3, -0.25) is 4.98 Å². The first kappa shape index (κ1) is 12.0. The Hall–Kier alpha value is -2.07. The Labute approximate surface area is 119 Å². The lowest BCUT2D eigenvalue weighted by molar-refractivity contribution is 0.405. The predicted octanol–water partition coefficient (Wildman–Crippen LogP) is 4.40. The van der Waals surface area contributed by atoms with Gasteiger partial charge in [0.2, 0.25) is 0 Å². The van der Waals surface area contributed by atoms with Gasteiger partial charge in [0, 0.05) is 16.1 Å². The van der Waals surface area contributed by atoms with Gasteiger partial charge in [0.25, 0.3) is 0 Å². The van der Waals surface area contributed by atoms with Gasteiger partial charge in [-0.05, 0) is 42.5 Å². The molecule has 0 atom stereocenters. The molecule has 0 aliphatic heterocycles. The highest BCUT2D eigenvalue weighted by Gasteiger charge is 1.98. The Morgan fingerprint density at radius 3 is 2.68 bits per heavy atom. The maximum atomic E-state index is 5.50. The van der Waals surface area contributed by atoms with Gasteiger partial charge in [0.15, 0.2) is 5.75 Å². The molecule has 1 aromatic heterocycles. The van der Waals surface area contributed by atoms with Gasteiger partial charge in [0.05, 0.1) is 11.2 Å². The van der Waals surface area contributed by atoms with Crippen LogP contribution in [0, 0.1) is 0 Å². The Morgan fingerprint density at radius 1 is 1.00 bits per heavy atom. The smallest absolute Gasteiger partial charge is 0.155 e. The van der Waals surface area contributed by atoms with Crippen molar-refractivity contribution < 1.29 is 4.84 Å². The van der Waals surface area contributed by atoms with E-state index in [9.17, 15) is 0 Å². The van der Waals surface area contributed by atoms with Crippen LogP contribution in [-0.2, 0) is 0 Å². The summed E-state index contributed by atoms with van der Waals surface area (Å²) in [5, 5.41) is 1.11. The second kappa shape index (κ2) is 5.28. The summed E-state index contributed by atoms with van der Waals surface area (Å²) in [6, 6.07) is 17.5. The van der Waals surface area contributed by atoms with E-state index in [-0.39, 0.29) is 0 Å². The lowest BCUT2D eigenvalue weighted by Gasteiger charge is -2.08. The maximum absolute atomic E-state index is 5.50. The molecule has 0 amide bonds. The summed E-state index contributed by atoms with van der Waals surface area (Å²) in [5.74, 6) is 0.754. The SMILES string of the molecule is Brc1ccc(ONc2ccc3cccnc3c2)cc1. The summed E-state index contributed by atoms with van der Waals surface area (Å²) < 4.78 is 1.02. The topological polar surface area (TPSA) is 34.1 Å². The third-order valence-electron chi connectivity index (χ3n) is 2.71. The van der Waals surface area contributed by atoms with Crippen molar-refractivity contribution in [1.29, 1.82) is 0 Å². The average molecular weight is 315 g/mol. The van der Waals surface area contributed by atoms with Crippen LogP contribution < -0.4 is 10.3 Å². The van der Waals surface area contributed by atoms with Gasteiger partial charge in [-0.25, -0.2) is 5.48 Å². The fourth-order valence-electron chi connectivity index (χ4n) is 1.75. The van der Waals surface area contributed by atoms with Crippen molar-refractivity contribution >= 4 is 32.5 Å². The average Bonchev–Trinajstić information content (AvgIpc) is 2.46. The monoisotopic (exact) mass is 314 g/mol. The van der Waals surface area contributed by atoms with Crippen LogP contribution in [0.25, 0.3) is 10.9 Å². The van der Waals surface area contributed by atoms with Crippen molar-refractivity contribution in [3.05, 3.63) is 65.3 Å². The van der Waals surface area contributed by atoms with Crippen molar-refractivity contribution in [3.8, 4) is 5.75 Å². The zero-order valence-electron chi connectivity index (χ0n) is 10.0. The molecule has 0 saturated heterocycles. The van der Waals surface area contributed by atoms with E-state index < -0.39 is 0 Å². The van der Waals surface area contributed by atoms with E-state index in [1.54, 1.807) is 6.20 Å². The normalized spacial score (nSPS) is 10.4. The maximum Gasteiger partial charge on any atom is 0.155 e. The largest absolute Gasteiger partial charge is 0.382 e. The first-order chi connectivity index (χ1) is 9.31. The number of hydrogen-bond acceptors (Lipinski definition) is 3. The van der Waals surface area contributed by atoms with Crippen LogP contribution in [0.3, 0.4) is 0 Å². The number of benzene rings is 2. The molecular weight excluding hydrogens is 304 g/mol. The highest BCUT2D eigenvalue weighted by molar-refractivity contribution is 9.10. The predicted molar refractivity (Wildman–Crippen MR) is 80.1 cm³/mol. The van der Waals surface area contributed by atoms with Gasteiger partial charge >= 0.3 is 0 Å². The molecular formula is C15H11BrN2O. The first-order valence-corrected chi connectivity index (χ1v) is 6.64. The van der Waals surface area contributed by atoms with Gasteiger partial charge in [-0.1, -0.05) is 28.1 Å². The van der Waals surface area contributed by atoms with Crippen molar-refractivity contribution in [3.63, 3.8) is 0 Å². The van der Waals surface area contributed by atoms with E-state index in [1.807, 2.05) is 54.6 Å². The molecule has 0 saturated carbocycles. The van der Waals surface area contributed by atoms with Gasteiger partial charge in [-0.15, -0.1) is 0 Å². The molecule has 19 heavy (non-hydrogen) atoms. The van der Waals surface area contributed by atoms with Crippen LogP contribution >= 0.6 is 15.9 Å². The number of aromatic nitrogens is 1. The fraction of sp³-hybridized carbons (Fsp3) is 0. The van der Waals surface area contributed by atoms with Crippen molar-refractivity contribution in [1.82, 2.24) is 4.98 Å². The number of hydrogen-bond donors (Lipinski definition) is 1. The lowest BCUT2D eigenvalue weighted by Crippen LogP contribution is -2.04. The van der Waals surface area contributed by atoms with Gasteiger partial charge in [-0.2, -0.15) is 0 Å². The Kier molecular flexibility index (Phi) is 3.33. The number of nitrogens with zero attached hydrogens (tertiary/aromatic N) is 1. The minimum absolute atomic E-state index is 0.754. The van der Waals surface area contributed by atoms with Crippen LogP contribution in [0.15, 0.2) is 65.3 Å². The number of halogens is 1. The molecule has 0 aliphatic rings. The highest BCUT2D eigenvalue weighted by Crippen LogP contribution is 2.19. The molecule has 0 radical (unpaired) electrons. The number of nitrogens with one attached hydrogen (secondary N) is 1. The number of fused-ring (bicyclic) bond motifs is 1. The Morgan fingerprint density at radius 2 is 1.84 bits per heavy atom. The molecule has 1 heterocycles. The number of anilines is 1. The number of pyridine rings is 1. The first-order valence-electron chi connectivity index (χ1n) is 5.84. The molecule has 94 valence electrons. The standard InChI is InChI=1S/C15H11BrN2O/c16-12-4-7-14(8-5-12)19-18-13-6-3-11-2-1-9-17-15(11)10-13/h1-10,18H. The lowest BCUT2D eigenvalue weighted by atomic mass is 10.2. The zero-order valence-corrected chi connectivity index (χ0v) is 11.6. The molecule has 0 fully saturated rings. The molecule has 3 aromatic rings. The van der Waals surface area contributed by atoms with Gasteiger partial charge in [0.1, 0.15) is 0 Å². The van der Waals surface area contributed by atoms with E-state index in [2.05, 4.69) is 26.4 Å². The molecule has 2 aromatic carbocycles. The second-order valence-corrected chi connectivity index (χ2v) is 4.98. The Balaban J connectivity index is 1.76. The van der Waals surface area contributed by atoms with Crippen LogP contribution in [0.2, 0.25) is 0 Å². The summed E-state index contributed by atoms with van der Waals surface area (Å²) in [5.41, 5.74) is 4.72. The van der Waals surface area contributed by atoms with E-state index in [0.717, 1.165) is 26.8 Å². The minimum atomic E-state index is 0.754. The molecule has 0 bridgehead atoms. The van der Waals surface area contributed by atoms with E-state index in [4.69, 9.17) is 4.84 Å². The molecule has 3 rings (SSSR count). The van der Waals surface area contributed by atoms with Crippen LogP contribution in [0.4, 0.5) is 5.69 Å². The summed E-state index contributed by atoms with van der Waals surface area (Å²) in [6.07, 6.45) is 1.78. The van der Waals surface area contributed by atoms with Crippen LogP contribution in [0.5, 0.6) is 5.75 Å².